The van der Waals surface area contributed by atoms with E-state index in [0.29, 0.717) is 5.13 Å². The second-order valence-electron chi connectivity index (χ2n) is 5.67. The predicted molar refractivity (Wildman–Crippen MR) is 98.1 cm³/mol. The second kappa shape index (κ2) is 6.84. The zero-order chi connectivity index (χ0) is 17.1. The Kier molecular flexibility index (Phi) is 4.62. The molecule has 3 rings (SSSR count). The van der Waals surface area contributed by atoms with Gasteiger partial charge in [0, 0.05) is 16.1 Å². The van der Waals surface area contributed by atoms with Gasteiger partial charge in [-0.25, -0.2) is 4.98 Å². The highest BCUT2D eigenvalue weighted by Crippen LogP contribution is 2.33. The highest BCUT2D eigenvalue weighted by molar-refractivity contribution is 7.16. The summed E-state index contributed by atoms with van der Waals surface area (Å²) in [6, 6.07) is 15.9. The minimum atomic E-state index is -0.852. The first-order valence-electron chi connectivity index (χ1n) is 7.64. The maximum atomic E-state index is 11.2. The first kappa shape index (κ1) is 16.2. The molecule has 0 saturated heterocycles. The van der Waals surface area contributed by atoms with Crippen LogP contribution in [-0.2, 0) is 11.2 Å². The number of nitrogens with one attached hydrogen (secondary N) is 1. The van der Waals surface area contributed by atoms with Crippen LogP contribution >= 0.6 is 11.3 Å². The molecule has 0 spiro atoms. The standard InChI is InChI=1S/C19H18N2O2S/c1-12-7-9-14(10-8-12)18-16(11-17(22)23)24-19(21-18)20-15-6-4-3-5-13(15)2/h3-10H,11H2,1-2H3,(H,20,21)(H,22,23). The van der Waals surface area contributed by atoms with Gasteiger partial charge in [-0.1, -0.05) is 48.0 Å². The molecule has 0 atom stereocenters. The van der Waals surface area contributed by atoms with Crippen LogP contribution in [0.4, 0.5) is 10.8 Å². The number of aromatic nitrogens is 1. The van der Waals surface area contributed by atoms with Gasteiger partial charge < -0.3 is 10.4 Å². The molecule has 0 aliphatic heterocycles. The normalized spacial score (nSPS) is 10.6. The van der Waals surface area contributed by atoms with Gasteiger partial charge in [0.25, 0.3) is 0 Å². The first-order valence-corrected chi connectivity index (χ1v) is 8.46. The van der Waals surface area contributed by atoms with Gasteiger partial charge in [-0.3, -0.25) is 4.79 Å². The molecule has 0 unspecified atom stereocenters. The Morgan fingerprint density at radius 2 is 1.83 bits per heavy atom. The Bertz CT molecular complexity index is 869. The van der Waals surface area contributed by atoms with E-state index in [9.17, 15) is 9.90 Å². The molecule has 3 aromatic rings. The van der Waals surface area contributed by atoms with E-state index < -0.39 is 5.97 Å². The predicted octanol–water partition coefficient (Wildman–Crippen LogP) is 4.80. The van der Waals surface area contributed by atoms with Gasteiger partial charge >= 0.3 is 5.97 Å². The SMILES string of the molecule is Cc1ccc(-c2nc(Nc3ccccc3C)sc2CC(=O)O)cc1. The third-order valence-electron chi connectivity index (χ3n) is 3.72. The van der Waals surface area contributed by atoms with E-state index in [1.165, 1.54) is 11.3 Å². The molecule has 122 valence electrons. The van der Waals surface area contributed by atoms with Crippen molar-refractivity contribution in [3.8, 4) is 11.3 Å². The Labute approximate surface area is 144 Å². The first-order chi connectivity index (χ1) is 11.5. The summed E-state index contributed by atoms with van der Waals surface area (Å²) in [5, 5.41) is 13.2. The number of carboxylic acid groups (broad SMARTS) is 1. The molecule has 0 radical (unpaired) electrons. The van der Waals surface area contributed by atoms with E-state index in [2.05, 4.69) is 10.3 Å². The van der Waals surface area contributed by atoms with Crippen molar-refractivity contribution >= 4 is 28.1 Å². The summed E-state index contributed by atoms with van der Waals surface area (Å²) < 4.78 is 0. The number of hydrogen-bond acceptors (Lipinski definition) is 4. The summed E-state index contributed by atoms with van der Waals surface area (Å²) in [7, 11) is 0. The highest BCUT2D eigenvalue weighted by atomic mass is 32.1. The summed E-state index contributed by atoms with van der Waals surface area (Å²) in [5.74, 6) is -0.852. The second-order valence-corrected chi connectivity index (χ2v) is 6.75. The van der Waals surface area contributed by atoms with Gasteiger partial charge in [-0.15, -0.1) is 11.3 Å². The van der Waals surface area contributed by atoms with Crippen LogP contribution in [0.1, 0.15) is 16.0 Å². The van der Waals surface area contributed by atoms with Gasteiger partial charge in [0.2, 0.25) is 0 Å². The minimum Gasteiger partial charge on any atom is -0.481 e. The molecule has 0 bridgehead atoms. The average molecular weight is 338 g/mol. The van der Waals surface area contributed by atoms with Crippen molar-refractivity contribution in [3.63, 3.8) is 0 Å². The van der Waals surface area contributed by atoms with Crippen LogP contribution in [0, 0.1) is 13.8 Å². The van der Waals surface area contributed by atoms with E-state index >= 15 is 0 Å². The molecular weight excluding hydrogens is 320 g/mol. The molecule has 5 heteroatoms. The molecule has 2 aromatic carbocycles. The van der Waals surface area contributed by atoms with Crippen molar-refractivity contribution in [2.45, 2.75) is 20.3 Å². The van der Waals surface area contributed by atoms with E-state index in [-0.39, 0.29) is 6.42 Å². The number of hydrogen-bond donors (Lipinski definition) is 2. The lowest BCUT2D eigenvalue weighted by atomic mass is 10.1. The molecule has 0 aliphatic carbocycles. The fraction of sp³-hybridized carbons (Fsp3) is 0.158. The third-order valence-corrected chi connectivity index (χ3v) is 4.69. The van der Waals surface area contributed by atoms with Crippen molar-refractivity contribution < 1.29 is 9.90 Å². The Hall–Kier alpha value is -2.66. The van der Waals surface area contributed by atoms with E-state index in [1.54, 1.807) is 0 Å². The number of carbonyl (C=O) groups is 1. The zero-order valence-electron chi connectivity index (χ0n) is 13.5. The fourth-order valence-electron chi connectivity index (χ4n) is 2.43. The molecule has 4 nitrogen and oxygen atoms in total. The van der Waals surface area contributed by atoms with Crippen LogP contribution in [0.2, 0.25) is 0 Å². The topological polar surface area (TPSA) is 62.2 Å². The molecule has 0 amide bonds. The van der Waals surface area contributed by atoms with Crippen LogP contribution in [0.3, 0.4) is 0 Å². The smallest absolute Gasteiger partial charge is 0.308 e. The summed E-state index contributed by atoms with van der Waals surface area (Å²) in [6.07, 6.45) is -0.0314. The number of benzene rings is 2. The summed E-state index contributed by atoms with van der Waals surface area (Å²) >= 11 is 1.39. The molecule has 0 aliphatic rings. The summed E-state index contributed by atoms with van der Waals surface area (Å²) in [6.45, 7) is 4.04. The van der Waals surface area contributed by atoms with Gasteiger partial charge in [0.05, 0.1) is 12.1 Å². The van der Waals surface area contributed by atoms with E-state index in [1.807, 2.05) is 62.4 Å². The van der Waals surface area contributed by atoms with Crippen molar-refractivity contribution in [2.24, 2.45) is 0 Å². The minimum absolute atomic E-state index is 0.0314. The molecule has 0 fully saturated rings. The number of carboxylic acids is 1. The Balaban J connectivity index is 1.98. The quantitative estimate of drug-likeness (QED) is 0.701. The van der Waals surface area contributed by atoms with E-state index in [4.69, 9.17) is 0 Å². The monoisotopic (exact) mass is 338 g/mol. The number of anilines is 2. The summed E-state index contributed by atoms with van der Waals surface area (Å²) in [4.78, 5) is 16.6. The lowest BCUT2D eigenvalue weighted by Crippen LogP contribution is -1.99. The molecule has 24 heavy (non-hydrogen) atoms. The zero-order valence-corrected chi connectivity index (χ0v) is 14.4. The van der Waals surface area contributed by atoms with Crippen LogP contribution in [0.15, 0.2) is 48.5 Å². The van der Waals surface area contributed by atoms with Crippen LogP contribution in [0.5, 0.6) is 0 Å². The van der Waals surface area contributed by atoms with Crippen molar-refractivity contribution in [1.82, 2.24) is 4.98 Å². The van der Waals surface area contributed by atoms with Crippen molar-refractivity contribution in [3.05, 3.63) is 64.5 Å². The Morgan fingerprint density at radius 1 is 1.12 bits per heavy atom. The number of aryl methyl sites for hydroxylation is 2. The highest BCUT2D eigenvalue weighted by Gasteiger charge is 2.16. The third kappa shape index (κ3) is 3.63. The largest absolute Gasteiger partial charge is 0.481 e. The molecule has 1 heterocycles. The molecule has 0 saturated carbocycles. The van der Waals surface area contributed by atoms with Gasteiger partial charge in [-0.05, 0) is 25.5 Å². The van der Waals surface area contributed by atoms with Crippen LogP contribution in [-0.4, -0.2) is 16.1 Å². The lowest BCUT2D eigenvalue weighted by molar-refractivity contribution is -0.136. The number of rotatable bonds is 5. The van der Waals surface area contributed by atoms with Gasteiger partial charge in [0.15, 0.2) is 5.13 Å². The van der Waals surface area contributed by atoms with Gasteiger partial charge in [-0.2, -0.15) is 0 Å². The lowest BCUT2D eigenvalue weighted by Gasteiger charge is -2.05. The molecule has 2 N–H and O–H groups in total. The average Bonchev–Trinajstić information content (AvgIpc) is 2.92. The van der Waals surface area contributed by atoms with Crippen LogP contribution < -0.4 is 5.32 Å². The Morgan fingerprint density at radius 3 is 2.50 bits per heavy atom. The van der Waals surface area contributed by atoms with Crippen molar-refractivity contribution in [1.29, 1.82) is 0 Å². The number of nitrogens with zero attached hydrogens (tertiary/aromatic N) is 1. The number of thiazole rings is 1. The fourth-order valence-corrected chi connectivity index (χ4v) is 3.41. The van der Waals surface area contributed by atoms with Crippen molar-refractivity contribution in [2.75, 3.05) is 5.32 Å². The number of aliphatic carboxylic acids is 1. The molecular formula is C19H18N2O2S. The van der Waals surface area contributed by atoms with E-state index in [0.717, 1.165) is 32.9 Å². The maximum absolute atomic E-state index is 11.2. The summed E-state index contributed by atoms with van der Waals surface area (Å²) in [5.41, 5.74) is 4.92. The molecule has 1 aromatic heterocycles. The maximum Gasteiger partial charge on any atom is 0.308 e. The number of para-hydroxylation sites is 1. The van der Waals surface area contributed by atoms with Gasteiger partial charge in [0.1, 0.15) is 0 Å². The van der Waals surface area contributed by atoms with Crippen LogP contribution in [0.25, 0.3) is 11.3 Å².